The predicted molar refractivity (Wildman–Crippen MR) is 95.2 cm³/mol. The first-order chi connectivity index (χ1) is 12.0. The first-order valence-corrected chi connectivity index (χ1v) is 8.07. The molecule has 2 aromatic rings. The maximum absolute atomic E-state index is 11.9. The lowest BCUT2D eigenvalue weighted by molar-refractivity contribution is -0.147. The molecule has 2 rings (SSSR count). The molecule has 0 spiro atoms. The lowest BCUT2D eigenvalue weighted by atomic mass is 9.98. The smallest absolute Gasteiger partial charge is 0.306 e. The molecule has 0 saturated heterocycles. The highest BCUT2D eigenvalue weighted by Gasteiger charge is 2.14. The molecule has 6 heteroatoms. The van der Waals surface area contributed by atoms with Gasteiger partial charge in [0.2, 0.25) is 0 Å². The molecular weight excluding hydrogens is 340 g/mol. The normalized spacial score (nSPS) is 11.2. The van der Waals surface area contributed by atoms with Crippen molar-refractivity contribution >= 4 is 29.2 Å². The van der Waals surface area contributed by atoms with Crippen LogP contribution in [0.1, 0.15) is 30.4 Å². The SMILES string of the molecule is C[C@H](CC(=O)OCC(=O)Nc1cc(Cl)ccc1C#N)c1ccccc1. The first-order valence-electron chi connectivity index (χ1n) is 7.69. The Kier molecular flexibility index (Phi) is 6.55. The average molecular weight is 357 g/mol. The standard InChI is InChI=1S/C19H17ClN2O3/c1-13(14-5-3-2-4-6-14)9-19(24)25-12-18(23)22-17-10-16(20)8-7-15(17)11-21/h2-8,10,13H,9,12H2,1H3,(H,22,23)/t13-/m1/s1. The van der Waals surface area contributed by atoms with Crippen LogP contribution in [0, 0.1) is 11.3 Å². The van der Waals surface area contributed by atoms with Gasteiger partial charge < -0.3 is 10.1 Å². The van der Waals surface area contributed by atoms with Gasteiger partial charge in [0.1, 0.15) is 6.07 Å². The van der Waals surface area contributed by atoms with E-state index in [0.29, 0.717) is 5.02 Å². The number of carbonyl (C=O) groups excluding carboxylic acids is 2. The van der Waals surface area contributed by atoms with Crippen molar-refractivity contribution in [3.05, 3.63) is 64.7 Å². The zero-order valence-electron chi connectivity index (χ0n) is 13.7. The highest BCUT2D eigenvalue weighted by atomic mass is 35.5. The molecule has 0 unspecified atom stereocenters. The molecule has 25 heavy (non-hydrogen) atoms. The number of hydrogen-bond donors (Lipinski definition) is 1. The van der Waals surface area contributed by atoms with E-state index in [1.165, 1.54) is 12.1 Å². The molecule has 0 aromatic heterocycles. The Morgan fingerprint density at radius 3 is 2.64 bits per heavy atom. The van der Waals surface area contributed by atoms with E-state index in [1.54, 1.807) is 6.07 Å². The number of hydrogen-bond acceptors (Lipinski definition) is 4. The molecule has 0 aliphatic rings. The number of rotatable bonds is 6. The number of amides is 1. The summed E-state index contributed by atoms with van der Waals surface area (Å²) in [6.07, 6.45) is 0.178. The number of carbonyl (C=O) groups is 2. The van der Waals surface area contributed by atoms with Gasteiger partial charge in [-0.05, 0) is 29.7 Å². The number of benzene rings is 2. The molecule has 0 bridgehead atoms. The molecule has 1 atom stereocenters. The second-order valence-corrected chi connectivity index (χ2v) is 5.96. The van der Waals surface area contributed by atoms with E-state index in [4.69, 9.17) is 21.6 Å². The summed E-state index contributed by atoms with van der Waals surface area (Å²) in [5.74, 6) is -0.993. The van der Waals surface area contributed by atoms with Crippen molar-refractivity contribution in [1.82, 2.24) is 0 Å². The summed E-state index contributed by atoms with van der Waals surface area (Å²) in [6, 6.07) is 16.1. The lowest BCUT2D eigenvalue weighted by Crippen LogP contribution is -2.22. The van der Waals surface area contributed by atoms with Crippen molar-refractivity contribution in [2.24, 2.45) is 0 Å². The van der Waals surface area contributed by atoms with Crippen molar-refractivity contribution in [3.8, 4) is 6.07 Å². The Morgan fingerprint density at radius 2 is 1.96 bits per heavy atom. The summed E-state index contributed by atoms with van der Waals surface area (Å²) >= 11 is 5.85. The molecule has 0 fully saturated rings. The lowest BCUT2D eigenvalue weighted by Gasteiger charge is -2.12. The summed E-state index contributed by atoms with van der Waals surface area (Å²) in [7, 11) is 0. The molecule has 5 nitrogen and oxygen atoms in total. The second kappa shape index (κ2) is 8.86. The van der Waals surface area contributed by atoms with Gasteiger partial charge in [-0.25, -0.2) is 0 Å². The summed E-state index contributed by atoms with van der Waals surface area (Å²) in [6.45, 7) is 1.50. The molecule has 0 radical (unpaired) electrons. The number of halogens is 1. The van der Waals surface area contributed by atoms with E-state index in [2.05, 4.69) is 5.32 Å². The molecule has 0 heterocycles. The molecule has 0 aliphatic heterocycles. The highest BCUT2D eigenvalue weighted by Crippen LogP contribution is 2.21. The largest absolute Gasteiger partial charge is 0.456 e. The van der Waals surface area contributed by atoms with Crippen molar-refractivity contribution in [3.63, 3.8) is 0 Å². The van der Waals surface area contributed by atoms with Crippen molar-refractivity contribution < 1.29 is 14.3 Å². The first kappa shape index (κ1) is 18.5. The molecule has 1 amide bonds. The molecular formula is C19H17ClN2O3. The molecule has 0 aliphatic carbocycles. The van der Waals surface area contributed by atoms with Crippen LogP contribution in [0.25, 0.3) is 0 Å². The topological polar surface area (TPSA) is 79.2 Å². The van der Waals surface area contributed by atoms with Crippen LogP contribution >= 0.6 is 11.6 Å². The van der Waals surface area contributed by atoms with Gasteiger partial charge in [-0.15, -0.1) is 0 Å². The Hall–Kier alpha value is -2.84. The van der Waals surface area contributed by atoms with Gasteiger partial charge in [0, 0.05) is 5.02 Å². The number of anilines is 1. The third kappa shape index (κ3) is 5.63. The Balaban J connectivity index is 1.85. The number of esters is 1. The average Bonchev–Trinajstić information content (AvgIpc) is 2.61. The minimum atomic E-state index is -0.528. The second-order valence-electron chi connectivity index (χ2n) is 5.53. The third-order valence-electron chi connectivity index (χ3n) is 3.58. The van der Waals surface area contributed by atoms with E-state index in [9.17, 15) is 9.59 Å². The van der Waals surface area contributed by atoms with Gasteiger partial charge >= 0.3 is 5.97 Å². The van der Waals surface area contributed by atoms with Crippen LogP contribution in [0.3, 0.4) is 0 Å². The minimum Gasteiger partial charge on any atom is -0.456 e. The summed E-state index contributed by atoms with van der Waals surface area (Å²) in [4.78, 5) is 23.8. The van der Waals surface area contributed by atoms with Crippen LogP contribution in [-0.2, 0) is 14.3 Å². The monoisotopic (exact) mass is 356 g/mol. The minimum absolute atomic E-state index is 0.00474. The van der Waals surface area contributed by atoms with Crippen LogP contribution in [0.15, 0.2) is 48.5 Å². The Morgan fingerprint density at radius 1 is 1.24 bits per heavy atom. The number of nitriles is 1. The van der Waals surface area contributed by atoms with Gasteiger partial charge in [0.25, 0.3) is 5.91 Å². The van der Waals surface area contributed by atoms with Crippen LogP contribution < -0.4 is 5.32 Å². The van der Waals surface area contributed by atoms with Crippen LogP contribution in [0.2, 0.25) is 5.02 Å². The number of nitrogens with one attached hydrogen (secondary N) is 1. The zero-order chi connectivity index (χ0) is 18.2. The van der Waals surface area contributed by atoms with Gasteiger partial charge in [0.05, 0.1) is 17.7 Å². The van der Waals surface area contributed by atoms with E-state index >= 15 is 0 Å². The molecule has 2 aromatic carbocycles. The quantitative estimate of drug-likeness (QED) is 0.796. The summed E-state index contributed by atoms with van der Waals surface area (Å²) < 4.78 is 5.01. The highest BCUT2D eigenvalue weighted by molar-refractivity contribution is 6.31. The Bertz CT molecular complexity index is 800. The van der Waals surface area contributed by atoms with Gasteiger partial charge in [-0.2, -0.15) is 5.26 Å². The number of nitrogens with zero attached hydrogens (tertiary/aromatic N) is 1. The van der Waals surface area contributed by atoms with E-state index in [1.807, 2.05) is 43.3 Å². The van der Waals surface area contributed by atoms with E-state index < -0.39 is 18.5 Å². The zero-order valence-corrected chi connectivity index (χ0v) is 14.4. The van der Waals surface area contributed by atoms with E-state index in [0.717, 1.165) is 5.56 Å². The van der Waals surface area contributed by atoms with Gasteiger partial charge in [-0.1, -0.05) is 48.9 Å². The van der Waals surface area contributed by atoms with Gasteiger partial charge in [-0.3, -0.25) is 9.59 Å². The van der Waals surface area contributed by atoms with Crippen molar-refractivity contribution in [2.75, 3.05) is 11.9 Å². The van der Waals surface area contributed by atoms with Crippen molar-refractivity contribution in [2.45, 2.75) is 19.3 Å². The summed E-state index contributed by atoms with van der Waals surface area (Å²) in [5, 5.41) is 11.9. The number of ether oxygens (including phenoxy) is 1. The molecule has 1 N–H and O–H groups in total. The van der Waals surface area contributed by atoms with Crippen LogP contribution in [0.5, 0.6) is 0 Å². The maximum atomic E-state index is 11.9. The fourth-order valence-corrected chi connectivity index (χ4v) is 2.43. The van der Waals surface area contributed by atoms with E-state index in [-0.39, 0.29) is 23.6 Å². The predicted octanol–water partition coefficient (Wildman–Crippen LogP) is 3.89. The van der Waals surface area contributed by atoms with Crippen LogP contribution in [0.4, 0.5) is 5.69 Å². The summed E-state index contributed by atoms with van der Waals surface area (Å²) in [5.41, 5.74) is 1.59. The Labute approximate surface area is 151 Å². The molecule has 128 valence electrons. The fourth-order valence-electron chi connectivity index (χ4n) is 2.26. The van der Waals surface area contributed by atoms with Gasteiger partial charge in [0.15, 0.2) is 6.61 Å². The maximum Gasteiger partial charge on any atom is 0.306 e. The fraction of sp³-hybridized carbons (Fsp3) is 0.211. The van der Waals surface area contributed by atoms with Crippen molar-refractivity contribution in [1.29, 1.82) is 5.26 Å². The van der Waals surface area contributed by atoms with Crippen LogP contribution in [-0.4, -0.2) is 18.5 Å². The third-order valence-corrected chi connectivity index (χ3v) is 3.82. The molecule has 0 saturated carbocycles.